The van der Waals surface area contributed by atoms with Gasteiger partial charge in [-0.1, -0.05) is 30.3 Å². The number of benzene rings is 3. The number of nitrogens with zero attached hydrogens (tertiary/aromatic N) is 2. The number of rotatable bonds is 12. The lowest BCUT2D eigenvalue weighted by atomic mass is 10.2. The fraction of sp³-hybridized carbons (Fsp3) is 0.296. The normalized spacial score (nSPS) is 14.1. The van der Waals surface area contributed by atoms with Gasteiger partial charge in [0, 0.05) is 44.4 Å². The molecule has 0 radical (unpaired) electrons. The van der Waals surface area contributed by atoms with Gasteiger partial charge < -0.3 is 19.6 Å². The number of hydroxylamine groups is 1. The first kappa shape index (κ1) is 32.9. The summed E-state index contributed by atoms with van der Waals surface area (Å²) >= 11 is 0. The van der Waals surface area contributed by atoms with Crippen molar-refractivity contribution < 1.29 is 30.6 Å². The fourth-order valence-electron chi connectivity index (χ4n) is 4.30. The van der Waals surface area contributed by atoms with Crippen LogP contribution in [-0.2, 0) is 25.0 Å². The van der Waals surface area contributed by atoms with Crippen molar-refractivity contribution in [2.24, 2.45) is 5.73 Å². The summed E-state index contributed by atoms with van der Waals surface area (Å²) in [5.74, 6) is 0.0395. The Morgan fingerprint density at radius 3 is 2.17 bits per heavy atom. The minimum absolute atomic E-state index is 0. The number of hydrogen-bond acceptors (Lipinski definition) is 9. The highest BCUT2D eigenvalue weighted by atomic mass is 35.5. The van der Waals surface area contributed by atoms with Crippen LogP contribution in [0.2, 0.25) is 0 Å². The molecule has 3 aromatic rings. The molecule has 15 heteroatoms. The third-order valence-electron chi connectivity index (χ3n) is 6.17. The number of piperazine rings is 1. The molecule has 0 aromatic heterocycles. The van der Waals surface area contributed by atoms with Crippen molar-refractivity contribution in [1.82, 2.24) is 9.79 Å². The van der Waals surface area contributed by atoms with Crippen molar-refractivity contribution >= 4 is 44.2 Å². The van der Waals surface area contributed by atoms with Crippen LogP contribution in [0.5, 0.6) is 11.5 Å². The molecular formula is C27H34ClN5O7S2. The Bertz CT molecular complexity index is 1570. The van der Waals surface area contributed by atoms with Crippen LogP contribution < -0.4 is 25.0 Å². The van der Waals surface area contributed by atoms with Crippen molar-refractivity contribution in [2.75, 3.05) is 44.3 Å². The van der Waals surface area contributed by atoms with Gasteiger partial charge in [0.05, 0.1) is 13.2 Å². The highest BCUT2D eigenvalue weighted by molar-refractivity contribution is 7.91. The Balaban J connectivity index is 0.00000484. The summed E-state index contributed by atoms with van der Waals surface area (Å²) < 4.78 is 66.4. The van der Waals surface area contributed by atoms with E-state index in [2.05, 4.69) is 10.4 Å². The van der Waals surface area contributed by atoms with Crippen LogP contribution in [-0.4, -0.2) is 66.5 Å². The van der Waals surface area contributed by atoms with Crippen LogP contribution in [0, 0.1) is 12.3 Å². The minimum atomic E-state index is -4.53. The molecule has 42 heavy (non-hydrogen) atoms. The van der Waals surface area contributed by atoms with Crippen LogP contribution in [0.3, 0.4) is 0 Å². The van der Waals surface area contributed by atoms with E-state index in [1.165, 1.54) is 40.7 Å². The van der Waals surface area contributed by atoms with Crippen LogP contribution in [0.15, 0.2) is 82.6 Å². The largest absolute Gasteiger partial charge is 0.493 e. The molecular weight excluding hydrogens is 606 g/mol. The molecule has 0 unspecified atom stereocenters. The second-order valence-corrected chi connectivity index (χ2v) is 12.7. The molecule has 4 N–H and O–H groups in total. The average molecular weight is 640 g/mol. The topological polar surface area (TPSA) is 164 Å². The van der Waals surface area contributed by atoms with Crippen LogP contribution in [0.25, 0.3) is 0 Å². The standard InChI is InChI=1S/C27H33N5O7S2.ClH/c1-21-18-23(37-16-7-17-38-30-27(28)29)20-24(19-21)39-41(35,36)26-11-6-5-10-25(26)40(33,34)32-14-12-31(13-15-32)22-8-3-2-4-9-22;/h2-6,8-11,18-20H,7,12-17H2,1H3,(H4,28,29,30);1H. The Morgan fingerprint density at radius 1 is 0.881 bits per heavy atom. The number of guanidine groups is 1. The molecule has 1 saturated heterocycles. The summed E-state index contributed by atoms with van der Waals surface area (Å²) in [5, 5.41) is 7.04. The Kier molecular flexibility index (Phi) is 11.4. The van der Waals surface area contributed by atoms with Crippen molar-refractivity contribution in [2.45, 2.75) is 23.1 Å². The zero-order chi connectivity index (χ0) is 29.5. The van der Waals surface area contributed by atoms with Gasteiger partial charge in [0.1, 0.15) is 21.3 Å². The molecule has 0 spiro atoms. The summed E-state index contributed by atoms with van der Waals surface area (Å²) in [6, 6.07) is 19.8. The lowest BCUT2D eigenvalue weighted by Crippen LogP contribution is -2.48. The fourth-order valence-corrected chi connectivity index (χ4v) is 7.42. The van der Waals surface area contributed by atoms with Crippen molar-refractivity contribution in [1.29, 1.82) is 5.41 Å². The number of sulfonamides is 1. The molecule has 0 bridgehead atoms. The van der Waals surface area contributed by atoms with Gasteiger partial charge in [-0.05, 0) is 48.9 Å². The third kappa shape index (κ3) is 8.49. The number of nitrogens with one attached hydrogen (secondary N) is 2. The van der Waals surface area contributed by atoms with E-state index in [0.29, 0.717) is 30.8 Å². The van der Waals surface area contributed by atoms with E-state index in [-0.39, 0.29) is 55.3 Å². The lowest BCUT2D eigenvalue weighted by molar-refractivity contribution is 0.0733. The summed E-state index contributed by atoms with van der Waals surface area (Å²) in [4.78, 5) is 6.28. The second-order valence-electron chi connectivity index (χ2n) is 9.26. The maximum Gasteiger partial charge on any atom is 0.340 e. The van der Waals surface area contributed by atoms with E-state index in [0.717, 1.165) is 5.69 Å². The first-order valence-corrected chi connectivity index (χ1v) is 15.7. The quantitative estimate of drug-likeness (QED) is 0.0882. The van der Waals surface area contributed by atoms with Gasteiger partial charge in [0.2, 0.25) is 16.0 Å². The Labute approximate surface area is 252 Å². The summed E-state index contributed by atoms with van der Waals surface area (Å²) in [6.07, 6.45) is 0.466. The molecule has 0 amide bonds. The first-order chi connectivity index (χ1) is 19.6. The number of anilines is 1. The zero-order valence-corrected chi connectivity index (χ0v) is 25.4. The van der Waals surface area contributed by atoms with Gasteiger partial charge >= 0.3 is 10.1 Å². The SMILES string of the molecule is Cc1cc(OCCCONC(=N)N)cc(OS(=O)(=O)c2ccccc2S(=O)(=O)N2CCN(c3ccccc3)CC2)c1.Cl. The number of nitrogens with two attached hydrogens (primary N) is 1. The van der Waals surface area contributed by atoms with Crippen LogP contribution >= 0.6 is 12.4 Å². The number of hydrogen-bond donors (Lipinski definition) is 3. The zero-order valence-electron chi connectivity index (χ0n) is 22.9. The summed E-state index contributed by atoms with van der Waals surface area (Å²) in [5.41, 5.74) is 9.04. The molecule has 0 aliphatic carbocycles. The molecule has 1 heterocycles. The van der Waals surface area contributed by atoms with Crippen LogP contribution in [0.1, 0.15) is 12.0 Å². The van der Waals surface area contributed by atoms with Crippen molar-refractivity contribution in [3.63, 3.8) is 0 Å². The predicted octanol–water partition coefficient (Wildman–Crippen LogP) is 2.88. The number of halogens is 1. The van der Waals surface area contributed by atoms with Gasteiger partial charge in [-0.15, -0.1) is 12.4 Å². The van der Waals surface area contributed by atoms with Crippen molar-refractivity contribution in [3.8, 4) is 11.5 Å². The maximum atomic E-state index is 13.6. The van der Waals surface area contributed by atoms with Gasteiger partial charge in [0.25, 0.3) is 0 Å². The molecule has 0 saturated carbocycles. The molecule has 1 fully saturated rings. The predicted molar refractivity (Wildman–Crippen MR) is 161 cm³/mol. The van der Waals surface area contributed by atoms with E-state index in [4.69, 9.17) is 24.9 Å². The van der Waals surface area contributed by atoms with E-state index in [1.807, 2.05) is 30.3 Å². The maximum absolute atomic E-state index is 13.6. The van der Waals surface area contributed by atoms with Crippen LogP contribution in [0.4, 0.5) is 5.69 Å². The summed E-state index contributed by atoms with van der Waals surface area (Å²) in [7, 11) is -8.66. The number of ether oxygens (including phenoxy) is 1. The van der Waals surface area contributed by atoms with Gasteiger partial charge in [-0.2, -0.15) is 12.7 Å². The highest BCUT2D eigenvalue weighted by Crippen LogP contribution is 2.30. The lowest BCUT2D eigenvalue weighted by Gasteiger charge is -2.35. The number of para-hydroxylation sites is 1. The molecule has 1 aliphatic heterocycles. The van der Waals surface area contributed by atoms with Gasteiger partial charge in [-0.25, -0.2) is 13.9 Å². The third-order valence-corrected chi connectivity index (χ3v) is 9.56. The van der Waals surface area contributed by atoms with E-state index in [1.54, 1.807) is 13.0 Å². The smallest absolute Gasteiger partial charge is 0.340 e. The Hall–Kier alpha value is -3.56. The first-order valence-electron chi connectivity index (χ1n) is 12.9. The van der Waals surface area contributed by atoms with E-state index >= 15 is 0 Å². The minimum Gasteiger partial charge on any atom is -0.493 e. The highest BCUT2D eigenvalue weighted by Gasteiger charge is 2.34. The second kappa shape index (κ2) is 14.6. The van der Waals surface area contributed by atoms with Gasteiger partial charge in [-0.3, -0.25) is 10.2 Å². The molecule has 1 aliphatic rings. The van der Waals surface area contributed by atoms with Gasteiger partial charge in [0.15, 0.2) is 0 Å². The van der Waals surface area contributed by atoms with E-state index < -0.39 is 25.0 Å². The molecule has 4 rings (SSSR count). The summed E-state index contributed by atoms with van der Waals surface area (Å²) in [6.45, 7) is 3.59. The molecule has 228 valence electrons. The molecule has 3 aromatic carbocycles. The average Bonchev–Trinajstić information content (AvgIpc) is 2.95. The monoisotopic (exact) mass is 639 g/mol. The van der Waals surface area contributed by atoms with E-state index in [9.17, 15) is 16.8 Å². The Morgan fingerprint density at radius 2 is 1.50 bits per heavy atom. The van der Waals surface area contributed by atoms with Crippen molar-refractivity contribution in [3.05, 3.63) is 78.4 Å². The number of aryl methyl sites for hydroxylation is 1. The molecule has 12 nitrogen and oxygen atoms in total. The molecule has 0 atom stereocenters.